The highest BCUT2D eigenvalue weighted by Crippen LogP contribution is 2.30. The smallest absolute Gasteiger partial charge is 0.317 e. The van der Waals surface area contributed by atoms with Gasteiger partial charge in [0.05, 0.1) is 6.54 Å². The van der Waals surface area contributed by atoms with Crippen molar-refractivity contribution in [3.63, 3.8) is 0 Å². The first-order valence-electron chi connectivity index (χ1n) is 12.4. The second-order valence-electron chi connectivity index (χ2n) is 8.90. The van der Waals surface area contributed by atoms with Crippen LogP contribution in [0.5, 0.6) is 0 Å². The molecule has 1 N–H and O–H groups in total. The Morgan fingerprint density at radius 1 is 0.862 bits per heavy atom. The fourth-order valence-corrected chi connectivity index (χ4v) is 4.51. The van der Waals surface area contributed by atoms with Crippen molar-refractivity contribution in [2.75, 3.05) is 13.1 Å². The van der Waals surface area contributed by atoms with Gasteiger partial charge in [0.2, 0.25) is 0 Å². The van der Waals surface area contributed by atoms with Gasteiger partial charge >= 0.3 is 5.97 Å². The Labute approximate surface area is 178 Å². The molecule has 0 amide bonds. The van der Waals surface area contributed by atoms with Crippen LogP contribution in [0.2, 0.25) is 0 Å². The maximum Gasteiger partial charge on any atom is 0.317 e. The molecule has 2 heterocycles. The Morgan fingerprint density at radius 3 is 1.86 bits per heavy atom. The van der Waals surface area contributed by atoms with Crippen LogP contribution in [-0.2, 0) is 9.53 Å². The van der Waals surface area contributed by atoms with Crippen LogP contribution in [0.4, 0.5) is 0 Å². The summed E-state index contributed by atoms with van der Waals surface area (Å²) in [6.45, 7) is 3.57. The second-order valence-corrected chi connectivity index (χ2v) is 8.90. The fourth-order valence-electron chi connectivity index (χ4n) is 4.51. The lowest BCUT2D eigenvalue weighted by molar-refractivity contribution is -0.268. The van der Waals surface area contributed by atoms with Gasteiger partial charge in [0.15, 0.2) is 0 Å². The van der Waals surface area contributed by atoms with Crippen molar-refractivity contribution in [2.45, 2.75) is 128 Å². The summed E-state index contributed by atoms with van der Waals surface area (Å²) in [5.74, 6) is -1.12. The number of ether oxygens (including phenoxy) is 1. The number of aliphatic hydroxyl groups is 1. The number of fused-ring (bicyclic) bond motifs is 1. The Hall–Kier alpha value is -1.10. The summed E-state index contributed by atoms with van der Waals surface area (Å²) in [6.07, 6.45) is 21.8. The maximum absolute atomic E-state index is 11.7. The molecule has 2 rings (SSSR count). The predicted octanol–water partition coefficient (Wildman–Crippen LogP) is 5.95. The number of carbonyl (C=O) groups is 1. The molecule has 168 valence electrons. The molecule has 0 aromatic heterocycles. The molecule has 1 unspecified atom stereocenters. The summed E-state index contributed by atoms with van der Waals surface area (Å²) in [6, 6.07) is 0. The van der Waals surface area contributed by atoms with E-state index in [2.05, 4.69) is 11.9 Å². The van der Waals surface area contributed by atoms with Crippen LogP contribution in [-0.4, -0.2) is 40.8 Å². The Morgan fingerprint density at radius 2 is 1.34 bits per heavy atom. The molecule has 1 saturated heterocycles. The number of cyclic esters (lactones) is 1. The Bertz CT molecular complexity index is 495. The van der Waals surface area contributed by atoms with Gasteiger partial charge in [0.25, 0.3) is 5.91 Å². The van der Waals surface area contributed by atoms with Gasteiger partial charge in [0.1, 0.15) is 12.3 Å². The lowest BCUT2D eigenvalue weighted by Gasteiger charge is -2.41. The van der Waals surface area contributed by atoms with Gasteiger partial charge in [0, 0.05) is 13.0 Å². The summed E-state index contributed by atoms with van der Waals surface area (Å²) in [5, 5.41) is 10.7. The van der Waals surface area contributed by atoms with Crippen molar-refractivity contribution in [1.82, 2.24) is 4.90 Å². The fraction of sp³-hybridized carbons (Fsp3) is 0.917. The van der Waals surface area contributed by atoms with Gasteiger partial charge in [-0.25, -0.2) is 0 Å². The normalized spacial score (nSPS) is 21.2. The van der Waals surface area contributed by atoms with E-state index in [1.54, 1.807) is 4.90 Å². The third-order valence-corrected chi connectivity index (χ3v) is 6.29. The van der Waals surface area contributed by atoms with Crippen molar-refractivity contribution in [1.29, 1.82) is 0 Å². The van der Waals surface area contributed by atoms with E-state index in [4.69, 9.17) is 4.74 Å². The average Bonchev–Trinajstić information content (AvgIpc) is 3.17. The van der Waals surface area contributed by atoms with Crippen LogP contribution in [0.15, 0.2) is 4.99 Å². The van der Waals surface area contributed by atoms with E-state index < -0.39 is 5.91 Å². The summed E-state index contributed by atoms with van der Waals surface area (Å²) < 4.78 is 5.27. The number of nitrogens with zero attached hydrogens (tertiary/aromatic N) is 2. The van der Waals surface area contributed by atoms with Crippen molar-refractivity contribution in [3.05, 3.63) is 0 Å². The molecule has 5 nitrogen and oxygen atoms in total. The highest BCUT2D eigenvalue weighted by Gasteiger charge is 2.46. The predicted molar refractivity (Wildman–Crippen MR) is 119 cm³/mol. The largest absolute Gasteiger partial charge is 0.413 e. The second kappa shape index (κ2) is 14.0. The molecule has 2 aliphatic rings. The third kappa shape index (κ3) is 9.06. The Balaban J connectivity index is 1.37. The van der Waals surface area contributed by atoms with E-state index in [0.29, 0.717) is 25.3 Å². The first kappa shape index (κ1) is 24.2. The molecule has 0 aliphatic carbocycles. The number of aliphatic imine (C=N–C) groups is 1. The first-order chi connectivity index (χ1) is 14.2. The summed E-state index contributed by atoms with van der Waals surface area (Å²) >= 11 is 0. The molecule has 0 radical (unpaired) electrons. The van der Waals surface area contributed by atoms with Gasteiger partial charge < -0.3 is 9.84 Å². The molecule has 0 bridgehead atoms. The summed E-state index contributed by atoms with van der Waals surface area (Å²) in [7, 11) is 0. The monoisotopic (exact) mass is 408 g/mol. The average molecular weight is 409 g/mol. The molecule has 1 atom stereocenters. The topological polar surface area (TPSA) is 62.1 Å². The van der Waals surface area contributed by atoms with E-state index in [1.165, 1.54) is 89.9 Å². The van der Waals surface area contributed by atoms with Crippen molar-refractivity contribution >= 4 is 11.8 Å². The minimum atomic E-state index is -1.46. The highest BCUT2D eigenvalue weighted by atomic mass is 16.7. The zero-order valence-corrected chi connectivity index (χ0v) is 18.8. The van der Waals surface area contributed by atoms with E-state index >= 15 is 0 Å². The Kier molecular flexibility index (Phi) is 11.7. The van der Waals surface area contributed by atoms with Crippen LogP contribution >= 0.6 is 0 Å². The number of hydrogen-bond acceptors (Lipinski definition) is 5. The van der Waals surface area contributed by atoms with Gasteiger partial charge in [-0.3, -0.25) is 14.7 Å². The van der Waals surface area contributed by atoms with Crippen LogP contribution in [0, 0.1) is 0 Å². The number of esters is 1. The first-order valence-corrected chi connectivity index (χ1v) is 12.4. The molecule has 1 fully saturated rings. The number of hydrogen-bond donors (Lipinski definition) is 1. The SMILES string of the molecule is CCCCCCCCCCCCCCCCCCC1(O)OC(=O)CC2=NCCN21. The molecular weight excluding hydrogens is 364 g/mol. The molecule has 29 heavy (non-hydrogen) atoms. The summed E-state index contributed by atoms with van der Waals surface area (Å²) in [5.41, 5.74) is 0. The number of unbranched alkanes of at least 4 members (excludes halogenated alkanes) is 15. The van der Waals surface area contributed by atoms with Crippen LogP contribution in [0.1, 0.15) is 122 Å². The standard InChI is InChI=1S/C24H44N2O3/c1-2-3-4-5-6-7-8-9-10-11-12-13-14-15-16-17-18-24(28)26-20-19-25-22(26)21-23(27)29-24/h28H,2-21H2,1H3. The van der Waals surface area contributed by atoms with Crippen molar-refractivity contribution in [2.24, 2.45) is 4.99 Å². The molecule has 2 aliphatic heterocycles. The van der Waals surface area contributed by atoms with Gasteiger partial charge in [-0.1, -0.05) is 103 Å². The zero-order valence-electron chi connectivity index (χ0n) is 18.8. The molecule has 5 heteroatoms. The molecule has 0 spiro atoms. The minimum Gasteiger partial charge on any atom is -0.413 e. The molecular formula is C24H44N2O3. The molecule has 0 aromatic rings. The van der Waals surface area contributed by atoms with E-state index in [9.17, 15) is 9.90 Å². The quantitative estimate of drug-likeness (QED) is 0.239. The van der Waals surface area contributed by atoms with Gasteiger partial charge in [-0.05, 0) is 6.42 Å². The van der Waals surface area contributed by atoms with Crippen molar-refractivity contribution < 1.29 is 14.6 Å². The summed E-state index contributed by atoms with van der Waals surface area (Å²) in [4.78, 5) is 17.8. The molecule has 0 aromatic carbocycles. The van der Waals surface area contributed by atoms with Gasteiger partial charge in [-0.15, -0.1) is 0 Å². The maximum atomic E-state index is 11.7. The van der Waals surface area contributed by atoms with Gasteiger partial charge in [-0.2, -0.15) is 0 Å². The third-order valence-electron chi connectivity index (χ3n) is 6.29. The van der Waals surface area contributed by atoms with Crippen LogP contribution < -0.4 is 0 Å². The number of rotatable bonds is 17. The lowest BCUT2D eigenvalue weighted by atomic mass is 10.0. The van der Waals surface area contributed by atoms with Crippen molar-refractivity contribution in [3.8, 4) is 0 Å². The highest BCUT2D eigenvalue weighted by molar-refractivity contribution is 6.00. The minimum absolute atomic E-state index is 0.196. The lowest BCUT2D eigenvalue weighted by Crippen LogP contribution is -2.57. The zero-order chi connectivity index (χ0) is 20.8. The van der Waals surface area contributed by atoms with Crippen LogP contribution in [0.25, 0.3) is 0 Å². The van der Waals surface area contributed by atoms with E-state index in [0.717, 1.165) is 12.8 Å². The molecule has 0 saturated carbocycles. The van der Waals surface area contributed by atoms with Crippen LogP contribution in [0.3, 0.4) is 0 Å². The van der Waals surface area contributed by atoms with E-state index in [1.807, 2.05) is 0 Å². The number of amidine groups is 1. The van der Waals surface area contributed by atoms with E-state index in [-0.39, 0.29) is 12.4 Å². The number of carbonyl (C=O) groups excluding carboxylic acids is 1.